The van der Waals surface area contributed by atoms with Crippen LogP contribution in [-0.4, -0.2) is 46.5 Å². The molecule has 33 heavy (non-hydrogen) atoms. The number of amides is 2. The van der Waals surface area contributed by atoms with Crippen molar-refractivity contribution < 1.29 is 14.1 Å². The van der Waals surface area contributed by atoms with Gasteiger partial charge in [0.15, 0.2) is 5.82 Å². The Hall–Kier alpha value is -3.19. The molecule has 2 amide bonds. The summed E-state index contributed by atoms with van der Waals surface area (Å²) in [6.07, 6.45) is 1.78. The van der Waals surface area contributed by atoms with E-state index < -0.39 is 0 Å². The lowest BCUT2D eigenvalue weighted by molar-refractivity contribution is -0.136. The first-order chi connectivity index (χ1) is 16.0. The molecule has 2 aliphatic rings. The highest BCUT2D eigenvalue weighted by Gasteiger charge is 2.38. The highest BCUT2D eigenvalue weighted by atomic mass is 35.5. The number of hydrogen-bond donors (Lipinski definition) is 0. The molecule has 5 rings (SSSR count). The van der Waals surface area contributed by atoms with Crippen molar-refractivity contribution in [1.82, 2.24) is 15.0 Å². The standard InChI is InChI=1S/C25H25ClN4O3/c1-16-4-2-5-18(12-16)24-27-23(28-33-24)17-8-10-29(11-9-17)25(32)19-13-22(31)30(15-19)21-7-3-6-20(26)14-21/h2-7,12,14,17,19H,8-11,13,15H2,1H3. The van der Waals surface area contributed by atoms with Gasteiger partial charge in [0.05, 0.1) is 5.92 Å². The average molecular weight is 465 g/mol. The number of carbonyl (C=O) groups is 2. The van der Waals surface area contributed by atoms with E-state index in [1.54, 1.807) is 17.0 Å². The summed E-state index contributed by atoms with van der Waals surface area (Å²) in [6, 6.07) is 15.2. The monoisotopic (exact) mass is 464 g/mol. The van der Waals surface area contributed by atoms with Gasteiger partial charge in [-0.1, -0.05) is 40.5 Å². The molecule has 2 aromatic carbocycles. The quantitative estimate of drug-likeness (QED) is 0.569. The summed E-state index contributed by atoms with van der Waals surface area (Å²) in [4.78, 5) is 33.8. The van der Waals surface area contributed by atoms with Crippen molar-refractivity contribution in [3.05, 3.63) is 64.9 Å². The Morgan fingerprint density at radius 2 is 1.91 bits per heavy atom. The van der Waals surface area contributed by atoms with Crippen LogP contribution in [0.2, 0.25) is 5.02 Å². The highest BCUT2D eigenvalue weighted by Crippen LogP contribution is 2.32. The van der Waals surface area contributed by atoms with E-state index in [4.69, 9.17) is 16.1 Å². The van der Waals surface area contributed by atoms with E-state index in [-0.39, 0.29) is 30.1 Å². The number of halogens is 1. The van der Waals surface area contributed by atoms with E-state index >= 15 is 0 Å². The fraction of sp³-hybridized carbons (Fsp3) is 0.360. The zero-order valence-electron chi connectivity index (χ0n) is 18.4. The zero-order chi connectivity index (χ0) is 22.9. The van der Waals surface area contributed by atoms with Gasteiger partial charge in [0.25, 0.3) is 5.89 Å². The second-order valence-corrected chi connectivity index (χ2v) is 9.25. The minimum Gasteiger partial charge on any atom is -0.342 e. The molecule has 1 atom stereocenters. The number of anilines is 1. The molecule has 0 spiro atoms. The largest absolute Gasteiger partial charge is 0.342 e. The van der Waals surface area contributed by atoms with Gasteiger partial charge in [-0.3, -0.25) is 9.59 Å². The van der Waals surface area contributed by atoms with Crippen LogP contribution in [0.15, 0.2) is 53.1 Å². The van der Waals surface area contributed by atoms with E-state index in [0.717, 1.165) is 29.7 Å². The maximum absolute atomic E-state index is 13.1. The Labute approximate surface area is 197 Å². The van der Waals surface area contributed by atoms with E-state index in [1.165, 1.54) is 0 Å². The van der Waals surface area contributed by atoms with Gasteiger partial charge in [0.2, 0.25) is 11.8 Å². The van der Waals surface area contributed by atoms with Crippen LogP contribution < -0.4 is 4.90 Å². The number of rotatable bonds is 4. The smallest absolute Gasteiger partial charge is 0.257 e. The molecule has 0 radical (unpaired) electrons. The van der Waals surface area contributed by atoms with Gasteiger partial charge in [-0.2, -0.15) is 4.98 Å². The van der Waals surface area contributed by atoms with Gasteiger partial charge in [-0.15, -0.1) is 0 Å². The molecule has 2 aliphatic heterocycles. The van der Waals surface area contributed by atoms with Gasteiger partial charge >= 0.3 is 0 Å². The fourth-order valence-electron chi connectivity index (χ4n) is 4.68. The summed E-state index contributed by atoms with van der Waals surface area (Å²) < 4.78 is 5.49. The number of likely N-dealkylation sites (tertiary alicyclic amines) is 1. The van der Waals surface area contributed by atoms with Crippen LogP contribution in [-0.2, 0) is 9.59 Å². The molecule has 0 bridgehead atoms. The predicted octanol–water partition coefficient (Wildman–Crippen LogP) is 4.46. The highest BCUT2D eigenvalue weighted by molar-refractivity contribution is 6.31. The van der Waals surface area contributed by atoms with Crippen molar-refractivity contribution >= 4 is 29.1 Å². The number of aromatic nitrogens is 2. The van der Waals surface area contributed by atoms with Crippen molar-refractivity contribution in [2.24, 2.45) is 5.92 Å². The second-order valence-electron chi connectivity index (χ2n) is 8.81. The predicted molar refractivity (Wildman–Crippen MR) is 125 cm³/mol. The van der Waals surface area contributed by atoms with Crippen LogP contribution in [0.1, 0.15) is 36.6 Å². The van der Waals surface area contributed by atoms with Crippen molar-refractivity contribution in [2.45, 2.75) is 32.1 Å². The van der Waals surface area contributed by atoms with Crippen LogP contribution in [0.5, 0.6) is 0 Å². The number of nitrogens with zero attached hydrogens (tertiary/aromatic N) is 4. The minimum atomic E-state index is -0.328. The first-order valence-corrected chi connectivity index (χ1v) is 11.6. The van der Waals surface area contributed by atoms with Gasteiger partial charge in [0, 0.05) is 48.2 Å². The molecule has 3 aromatic rings. The van der Waals surface area contributed by atoms with Crippen LogP contribution in [0.3, 0.4) is 0 Å². The summed E-state index contributed by atoms with van der Waals surface area (Å²) in [5, 5.41) is 4.78. The summed E-state index contributed by atoms with van der Waals surface area (Å²) >= 11 is 6.07. The van der Waals surface area contributed by atoms with Crippen LogP contribution in [0.25, 0.3) is 11.5 Å². The number of hydrogen-bond acceptors (Lipinski definition) is 5. The number of benzene rings is 2. The molecule has 1 aromatic heterocycles. The van der Waals surface area contributed by atoms with Gasteiger partial charge in [-0.25, -0.2) is 0 Å². The molecule has 0 saturated carbocycles. The lowest BCUT2D eigenvalue weighted by Gasteiger charge is -2.32. The Morgan fingerprint density at radius 1 is 1.12 bits per heavy atom. The normalized spacial score (nSPS) is 19.3. The molecule has 2 saturated heterocycles. The Kier molecular flexibility index (Phi) is 5.89. The molecule has 170 valence electrons. The Balaban J connectivity index is 1.19. The van der Waals surface area contributed by atoms with Crippen molar-refractivity contribution in [1.29, 1.82) is 0 Å². The lowest BCUT2D eigenvalue weighted by atomic mass is 9.95. The summed E-state index contributed by atoms with van der Waals surface area (Å²) in [6.45, 7) is 3.67. The number of carbonyl (C=O) groups excluding carboxylic acids is 2. The van der Waals surface area contributed by atoms with Crippen LogP contribution >= 0.6 is 11.6 Å². The fourth-order valence-corrected chi connectivity index (χ4v) is 4.86. The Bertz CT molecular complexity index is 1190. The topological polar surface area (TPSA) is 79.5 Å². The zero-order valence-corrected chi connectivity index (χ0v) is 19.2. The van der Waals surface area contributed by atoms with E-state index in [1.807, 2.05) is 48.2 Å². The SMILES string of the molecule is Cc1cccc(-c2nc(C3CCN(C(=O)C4CC(=O)N(c5cccc(Cl)c5)C4)CC3)no2)c1. The second kappa shape index (κ2) is 8.98. The molecule has 3 heterocycles. The molecule has 0 aliphatic carbocycles. The van der Waals surface area contributed by atoms with Gasteiger partial charge in [-0.05, 0) is 50.1 Å². The van der Waals surface area contributed by atoms with Crippen molar-refractivity contribution in [2.75, 3.05) is 24.5 Å². The van der Waals surface area contributed by atoms with E-state index in [9.17, 15) is 9.59 Å². The van der Waals surface area contributed by atoms with E-state index in [0.29, 0.717) is 36.4 Å². The van der Waals surface area contributed by atoms with Crippen LogP contribution in [0, 0.1) is 12.8 Å². The van der Waals surface area contributed by atoms with Gasteiger partial charge < -0.3 is 14.3 Å². The van der Waals surface area contributed by atoms with Crippen molar-refractivity contribution in [3.8, 4) is 11.5 Å². The average Bonchev–Trinajstić information content (AvgIpc) is 3.46. The third-order valence-corrected chi connectivity index (χ3v) is 6.71. The first-order valence-electron chi connectivity index (χ1n) is 11.2. The lowest BCUT2D eigenvalue weighted by Crippen LogP contribution is -2.42. The molecular formula is C25H25ClN4O3. The van der Waals surface area contributed by atoms with Crippen LogP contribution in [0.4, 0.5) is 5.69 Å². The number of aryl methyl sites for hydroxylation is 1. The minimum absolute atomic E-state index is 0.0408. The maximum Gasteiger partial charge on any atom is 0.257 e. The third kappa shape index (κ3) is 4.50. The van der Waals surface area contributed by atoms with E-state index in [2.05, 4.69) is 10.1 Å². The molecule has 8 heteroatoms. The molecular weight excluding hydrogens is 440 g/mol. The Morgan fingerprint density at radius 3 is 2.67 bits per heavy atom. The first kappa shape index (κ1) is 21.6. The molecule has 2 fully saturated rings. The molecule has 7 nitrogen and oxygen atoms in total. The van der Waals surface area contributed by atoms with Gasteiger partial charge in [0.1, 0.15) is 0 Å². The maximum atomic E-state index is 13.1. The third-order valence-electron chi connectivity index (χ3n) is 6.47. The molecule has 0 N–H and O–H groups in total. The summed E-state index contributed by atoms with van der Waals surface area (Å²) in [5.41, 5.74) is 2.79. The summed E-state index contributed by atoms with van der Waals surface area (Å²) in [7, 11) is 0. The van der Waals surface area contributed by atoms with Crippen molar-refractivity contribution in [3.63, 3.8) is 0 Å². The number of piperidine rings is 1. The molecule has 1 unspecified atom stereocenters. The summed E-state index contributed by atoms with van der Waals surface area (Å²) in [5.74, 6) is 1.05.